The lowest BCUT2D eigenvalue weighted by Crippen LogP contribution is -3.30. The van der Waals surface area contributed by atoms with E-state index in [1.165, 1.54) is 20.9 Å². The van der Waals surface area contributed by atoms with Crippen molar-refractivity contribution in [2.24, 2.45) is 0 Å². The molecule has 3 amide bonds. The van der Waals surface area contributed by atoms with Crippen LogP contribution < -0.4 is 20.4 Å². The predicted octanol–water partition coefficient (Wildman–Crippen LogP) is 0.572. The molecule has 6 heteroatoms. The highest BCUT2D eigenvalue weighted by Gasteiger charge is 2.36. The molecule has 0 bridgehead atoms. The molecule has 2 aromatic rings. The Balaban J connectivity index is 1.63. The Kier molecular flexibility index (Phi) is 7.46. The molecule has 31 heavy (non-hydrogen) atoms. The second-order valence-electron chi connectivity index (χ2n) is 9.49. The maximum atomic E-state index is 12.6. The van der Waals surface area contributed by atoms with E-state index in [9.17, 15) is 9.59 Å². The van der Waals surface area contributed by atoms with Gasteiger partial charge in [-0.3, -0.25) is 10.1 Å². The first-order valence-electron chi connectivity index (χ1n) is 11.2. The van der Waals surface area contributed by atoms with Crippen molar-refractivity contribution in [2.45, 2.75) is 45.3 Å². The van der Waals surface area contributed by atoms with Gasteiger partial charge in [-0.2, -0.15) is 0 Å². The van der Waals surface area contributed by atoms with Crippen LogP contribution in [0.3, 0.4) is 0 Å². The van der Waals surface area contributed by atoms with Crippen LogP contribution in [0, 0.1) is 0 Å². The van der Waals surface area contributed by atoms with Gasteiger partial charge in [0.1, 0.15) is 32.2 Å². The van der Waals surface area contributed by atoms with Crippen molar-refractivity contribution in [3.63, 3.8) is 0 Å². The van der Waals surface area contributed by atoms with Gasteiger partial charge in [-0.25, -0.2) is 4.79 Å². The van der Waals surface area contributed by atoms with Gasteiger partial charge >= 0.3 is 6.03 Å². The van der Waals surface area contributed by atoms with Crippen molar-refractivity contribution in [1.29, 1.82) is 0 Å². The van der Waals surface area contributed by atoms with E-state index in [4.69, 9.17) is 0 Å². The van der Waals surface area contributed by atoms with E-state index < -0.39 is 6.03 Å². The molecule has 0 aromatic heterocycles. The van der Waals surface area contributed by atoms with Gasteiger partial charge in [0.2, 0.25) is 0 Å². The number of nitrogens with one attached hydrogen (secondary N) is 4. The molecule has 4 N–H and O–H groups in total. The lowest BCUT2D eigenvalue weighted by atomic mass is 9.96. The summed E-state index contributed by atoms with van der Waals surface area (Å²) in [6.45, 7) is 11.3. The fraction of sp³-hybridized carbons (Fsp3) is 0.440. The Bertz CT molecular complexity index is 817. The molecule has 2 aromatic carbocycles. The summed E-state index contributed by atoms with van der Waals surface area (Å²) in [6, 6.07) is 20.9. The Morgan fingerprint density at radius 2 is 1.26 bits per heavy atom. The van der Waals surface area contributed by atoms with Crippen LogP contribution in [0.25, 0.3) is 0 Å². The topological polar surface area (TPSA) is 67.1 Å². The van der Waals surface area contributed by atoms with Crippen molar-refractivity contribution < 1.29 is 19.4 Å². The molecule has 6 nitrogen and oxygen atoms in total. The first kappa shape index (κ1) is 23.0. The van der Waals surface area contributed by atoms with Crippen LogP contribution in [0.15, 0.2) is 60.7 Å². The zero-order chi connectivity index (χ0) is 22.4. The molecule has 1 heterocycles. The van der Waals surface area contributed by atoms with Crippen LogP contribution >= 0.6 is 0 Å². The van der Waals surface area contributed by atoms with Crippen molar-refractivity contribution in [3.05, 3.63) is 71.8 Å². The number of amides is 3. The summed E-state index contributed by atoms with van der Waals surface area (Å²) in [5.41, 5.74) is 2.26. The highest BCUT2D eigenvalue weighted by Crippen LogP contribution is 2.18. The summed E-state index contributed by atoms with van der Waals surface area (Å²) >= 11 is 0. The molecule has 0 aliphatic carbocycles. The smallest absolute Gasteiger partial charge is 0.322 e. The van der Waals surface area contributed by atoms with E-state index in [1.807, 2.05) is 27.7 Å². The van der Waals surface area contributed by atoms with Crippen molar-refractivity contribution in [1.82, 2.24) is 10.6 Å². The third kappa shape index (κ3) is 6.39. The number of urea groups is 1. The fourth-order valence-electron chi connectivity index (χ4n) is 4.35. The molecular formula is C25H36N4O2+2. The summed E-state index contributed by atoms with van der Waals surface area (Å²) in [6.07, 6.45) is 0. The third-order valence-corrected chi connectivity index (χ3v) is 5.94. The molecule has 0 saturated carbocycles. The standard InChI is InChI=1S/C25H34N4O2/c1-19(23(30)26-24(31)27-25(2,3)4)28-15-17-29(18-16-28)22(20-11-7-5-8-12-20)21-13-9-6-10-14-21/h5-14,19,22H,15-18H2,1-4H3,(H2,26,27,30,31)/p+2/t19-/m1/s1. The highest BCUT2D eigenvalue weighted by molar-refractivity contribution is 5.96. The molecule has 166 valence electrons. The maximum absolute atomic E-state index is 12.6. The van der Waals surface area contributed by atoms with Gasteiger partial charge in [0.25, 0.3) is 5.91 Å². The number of quaternary nitrogens is 2. The number of hydrogen-bond acceptors (Lipinski definition) is 2. The zero-order valence-electron chi connectivity index (χ0n) is 19.1. The fourth-order valence-corrected chi connectivity index (χ4v) is 4.35. The van der Waals surface area contributed by atoms with Crippen LogP contribution in [0.1, 0.15) is 44.9 Å². The number of benzene rings is 2. The molecule has 1 aliphatic heterocycles. The minimum absolute atomic E-state index is 0.220. The Morgan fingerprint density at radius 1 is 0.806 bits per heavy atom. The molecular weight excluding hydrogens is 388 g/mol. The van der Waals surface area contributed by atoms with Crippen LogP contribution in [-0.4, -0.2) is 49.7 Å². The summed E-state index contributed by atoms with van der Waals surface area (Å²) in [7, 11) is 0. The molecule has 0 radical (unpaired) electrons. The van der Waals surface area contributed by atoms with Crippen LogP contribution in [0.5, 0.6) is 0 Å². The molecule has 0 unspecified atom stereocenters. The normalized spacial score (nSPS) is 20.2. The van der Waals surface area contributed by atoms with Gasteiger partial charge in [0.15, 0.2) is 6.04 Å². The van der Waals surface area contributed by atoms with Crippen molar-refractivity contribution >= 4 is 11.9 Å². The third-order valence-electron chi connectivity index (χ3n) is 5.94. The number of carbonyl (C=O) groups is 2. The molecule has 1 fully saturated rings. The molecule has 0 spiro atoms. The Labute approximate surface area is 185 Å². The average Bonchev–Trinajstić information content (AvgIpc) is 2.74. The van der Waals surface area contributed by atoms with Gasteiger partial charge in [-0.1, -0.05) is 60.7 Å². The van der Waals surface area contributed by atoms with E-state index in [2.05, 4.69) is 71.3 Å². The molecule has 1 saturated heterocycles. The van der Waals surface area contributed by atoms with Crippen LogP contribution in [0.4, 0.5) is 4.79 Å². The first-order chi connectivity index (χ1) is 14.7. The van der Waals surface area contributed by atoms with E-state index in [1.54, 1.807) is 0 Å². The molecule has 3 rings (SSSR count). The van der Waals surface area contributed by atoms with Crippen molar-refractivity contribution in [3.8, 4) is 0 Å². The maximum Gasteiger partial charge on any atom is 0.322 e. The zero-order valence-corrected chi connectivity index (χ0v) is 19.1. The number of piperazine rings is 1. The minimum atomic E-state index is -0.429. The van der Waals surface area contributed by atoms with Crippen molar-refractivity contribution in [2.75, 3.05) is 26.2 Å². The molecule has 1 aliphatic rings. The Hall–Kier alpha value is -2.70. The number of imide groups is 1. The number of hydrogen-bond donors (Lipinski definition) is 4. The summed E-state index contributed by atoms with van der Waals surface area (Å²) < 4.78 is 0. The lowest BCUT2D eigenvalue weighted by molar-refractivity contribution is -1.03. The monoisotopic (exact) mass is 424 g/mol. The minimum Gasteiger partial charge on any atom is -0.333 e. The second kappa shape index (κ2) is 10.1. The van der Waals surface area contributed by atoms with Crippen LogP contribution in [-0.2, 0) is 4.79 Å². The van der Waals surface area contributed by atoms with E-state index in [-0.39, 0.29) is 23.5 Å². The quantitative estimate of drug-likeness (QED) is 0.567. The second-order valence-corrected chi connectivity index (χ2v) is 9.49. The van der Waals surface area contributed by atoms with Gasteiger partial charge in [-0.15, -0.1) is 0 Å². The van der Waals surface area contributed by atoms with Gasteiger partial charge < -0.3 is 15.1 Å². The van der Waals surface area contributed by atoms with Gasteiger partial charge in [0, 0.05) is 16.7 Å². The highest BCUT2D eigenvalue weighted by atomic mass is 16.2. The summed E-state index contributed by atoms with van der Waals surface area (Å²) in [4.78, 5) is 27.4. The van der Waals surface area contributed by atoms with Crippen LogP contribution in [0.2, 0.25) is 0 Å². The predicted molar refractivity (Wildman–Crippen MR) is 122 cm³/mol. The lowest BCUT2D eigenvalue weighted by Gasteiger charge is -2.36. The Morgan fingerprint density at radius 3 is 1.71 bits per heavy atom. The van der Waals surface area contributed by atoms with Gasteiger partial charge in [0.05, 0.1) is 0 Å². The van der Waals surface area contributed by atoms with Gasteiger partial charge in [-0.05, 0) is 27.7 Å². The number of carbonyl (C=O) groups excluding carboxylic acids is 2. The van der Waals surface area contributed by atoms with E-state index in [0.717, 1.165) is 26.2 Å². The summed E-state index contributed by atoms with van der Waals surface area (Å²) in [5.74, 6) is -0.220. The van der Waals surface area contributed by atoms with E-state index in [0.29, 0.717) is 0 Å². The first-order valence-corrected chi connectivity index (χ1v) is 11.2. The van der Waals surface area contributed by atoms with E-state index >= 15 is 0 Å². The number of rotatable bonds is 5. The summed E-state index contributed by atoms with van der Waals surface area (Å²) in [5, 5.41) is 5.28. The SMILES string of the molecule is C[C@H](C(=O)NC(=O)NC(C)(C)C)[NH+]1CC[NH+](C(c2ccccc2)c2ccccc2)CC1. The molecule has 1 atom stereocenters. The average molecular weight is 425 g/mol. The largest absolute Gasteiger partial charge is 0.333 e.